The molecule has 3 unspecified atom stereocenters. The van der Waals surface area contributed by atoms with E-state index in [0.29, 0.717) is 10.5 Å². The molecule has 0 radical (unpaired) electrons. The summed E-state index contributed by atoms with van der Waals surface area (Å²) in [6.45, 7) is 5.52. The molecule has 0 spiro atoms. The van der Waals surface area contributed by atoms with Gasteiger partial charge in [0.05, 0.1) is 4.47 Å². The van der Waals surface area contributed by atoms with Crippen molar-refractivity contribution >= 4 is 15.9 Å². The van der Waals surface area contributed by atoms with Crippen molar-refractivity contribution in [2.75, 3.05) is 6.54 Å². The third-order valence-electron chi connectivity index (χ3n) is 3.82. The fourth-order valence-corrected chi connectivity index (χ4v) is 2.99. The maximum atomic E-state index is 13.5. The first kappa shape index (κ1) is 14.0. The van der Waals surface area contributed by atoms with Gasteiger partial charge in [-0.25, -0.2) is 4.39 Å². The topological polar surface area (TPSA) is 12.0 Å². The van der Waals surface area contributed by atoms with Gasteiger partial charge in [-0.3, -0.25) is 0 Å². The second kappa shape index (κ2) is 6.16. The van der Waals surface area contributed by atoms with Crippen molar-refractivity contribution in [2.45, 2.75) is 39.2 Å². The van der Waals surface area contributed by atoms with Gasteiger partial charge >= 0.3 is 0 Å². The zero-order valence-electron chi connectivity index (χ0n) is 11.0. The highest BCUT2D eigenvalue weighted by Crippen LogP contribution is 2.42. The van der Waals surface area contributed by atoms with E-state index < -0.39 is 0 Å². The Balaban J connectivity index is 2.05. The molecule has 1 fully saturated rings. The Kier molecular flexibility index (Phi) is 4.79. The second-order valence-electron chi connectivity index (χ2n) is 5.35. The molecule has 0 heterocycles. The first-order valence-electron chi connectivity index (χ1n) is 6.79. The first-order chi connectivity index (χ1) is 8.63. The molecular formula is C15H21BrFN. The summed E-state index contributed by atoms with van der Waals surface area (Å²) in [5.74, 6) is 1.41. The summed E-state index contributed by atoms with van der Waals surface area (Å²) in [5.41, 5.74) is 1.07. The van der Waals surface area contributed by atoms with Crippen LogP contribution in [0.3, 0.4) is 0 Å². The van der Waals surface area contributed by atoms with E-state index in [2.05, 4.69) is 35.1 Å². The van der Waals surface area contributed by atoms with Gasteiger partial charge in [0.15, 0.2) is 0 Å². The van der Waals surface area contributed by atoms with Crippen LogP contribution >= 0.6 is 15.9 Å². The van der Waals surface area contributed by atoms with Crippen LogP contribution in [0, 0.1) is 17.7 Å². The van der Waals surface area contributed by atoms with Gasteiger partial charge in [-0.15, -0.1) is 0 Å². The fourth-order valence-electron chi connectivity index (χ4n) is 2.56. The molecule has 1 aromatic rings. The zero-order valence-corrected chi connectivity index (χ0v) is 12.6. The van der Waals surface area contributed by atoms with Crippen molar-refractivity contribution in [3.05, 3.63) is 34.1 Å². The molecule has 0 amide bonds. The Morgan fingerprint density at radius 3 is 2.83 bits per heavy atom. The molecule has 1 aliphatic carbocycles. The Morgan fingerprint density at radius 2 is 2.22 bits per heavy atom. The number of nitrogens with one attached hydrogen (secondary N) is 1. The molecule has 0 aliphatic heterocycles. The minimum atomic E-state index is -0.161. The van der Waals surface area contributed by atoms with Crippen LogP contribution in [0.15, 0.2) is 22.7 Å². The summed E-state index contributed by atoms with van der Waals surface area (Å²) in [6.07, 6.45) is 3.35. The van der Waals surface area contributed by atoms with E-state index in [1.54, 1.807) is 6.07 Å². The Bertz CT molecular complexity index is 407. The number of rotatable bonds is 6. The summed E-state index contributed by atoms with van der Waals surface area (Å²) < 4.78 is 14.1. The van der Waals surface area contributed by atoms with Gasteiger partial charge in [0, 0.05) is 6.04 Å². The summed E-state index contributed by atoms with van der Waals surface area (Å²) in [6, 6.07) is 5.80. The van der Waals surface area contributed by atoms with Crippen molar-refractivity contribution in [1.82, 2.24) is 5.32 Å². The molecule has 1 saturated carbocycles. The van der Waals surface area contributed by atoms with Gasteiger partial charge in [-0.05, 0) is 65.2 Å². The van der Waals surface area contributed by atoms with Gasteiger partial charge in [0.25, 0.3) is 0 Å². The minimum Gasteiger partial charge on any atom is -0.313 e. The Labute approximate surface area is 117 Å². The lowest BCUT2D eigenvalue weighted by Crippen LogP contribution is -2.34. The van der Waals surface area contributed by atoms with Crippen LogP contribution in [-0.2, 0) is 6.42 Å². The van der Waals surface area contributed by atoms with Gasteiger partial charge in [0.1, 0.15) is 5.82 Å². The van der Waals surface area contributed by atoms with Crippen LogP contribution in [0.25, 0.3) is 0 Å². The molecule has 3 atom stereocenters. The van der Waals surface area contributed by atoms with Crippen LogP contribution in [0.4, 0.5) is 4.39 Å². The molecule has 18 heavy (non-hydrogen) atoms. The van der Waals surface area contributed by atoms with E-state index in [-0.39, 0.29) is 5.82 Å². The Morgan fingerprint density at radius 1 is 1.50 bits per heavy atom. The van der Waals surface area contributed by atoms with Gasteiger partial charge < -0.3 is 5.32 Å². The van der Waals surface area contributed by atoms with Crippen LogP contribution in [0.5, 0.6) is 0 Å². The third-order valence-corrected chi connectivity index (χ3v) is 4.70. The molecule has 0 bridgehead atoms. The van der Waals surface area contributed by atoms with E-state index in [1.807, 2.05) is 6.07 Å². The maximum absolute atomic E-state index is 13.5. The van der Waals surface area contributed by atoms with E-state index in [4.69, 9.17) is 0 Å². The quantitative estimate of drug-likeness (QED) is 0.831. The third kappa shape index (κ3) is 3.33. The molecular weight excluding hydrogens is 293 g/mol. The SMILES string of the molecule is CCCNC(Cc1cccc(F)c1Br)C1CC1C. The molecule has 2 rings (SSSR count). The summed E-state index contributed by atoms with van der Waals surface area (Å²) >= 11 is 3.36. The molecule has 0 aromatic heterocycles. The van der Waals surface area contributed by atoms with Crippen molar-refractivity contribution in [2.24, 2.45) is 11.8 Å². The number of hydrogen-bond donors (Lipinski definition) is 1. The lowest BCUT2D eigenvalue weighted by molar-refractivity contribution is 0.442. The minimum absolute atomic E-state index is 0.161. The standard InChI is InChI=1S/C15H21BrFN/c1-3-7-18-14(12-8-10(12)2)9-11-5-4-6-13(17)15(11)16/h4-6,10,12,14,18H,3,7-9H2,1-2H3. The molecule has 1 aromatic carbocycles. The zero-order chi connectivity index (χ0) is 13.1. The highest BCUT2D eigenvalue weighted by Gasteiger charge is 2.39. The number of halogens is 2. The molecule has 3 heteroatoms. The van der Waals surface area contributed by atoms with Crippen molar-refractivity contribution < 1.29 is 4.39 Å². The fraction of sp³-hybridized carbons (Fsp3) is 0.600. The van der Waals surface area contributed by atoms with E-state index in [9.17, 15) is 4.39 Å². The lowest BCUT2D eigenvalue weighted by atomic mass is 10.0. The van der Waals surface area contributed by atoms with E-state index in [0.717, 1.165) is 36.8 Å². The summed E-state index contributed by atoms with van der Waals surface area (Å²) in [4.78, 5) is 0. The van der Waals surface area contributed by atoms with Crippen molar-refractivity contribution in [3.63, 3.8) is 0 Å². The Hall–Kier alpha value is -0.410. The number of hydrogen-bond acceptors (Lipinski definition) is 1. The van der Waals surface area contributed by atoms with Crippen LogP contribution in [0.2, 0.25) is 0 Å². The summed E-state index contributed by atoms with van der Waals surface area (Å²) in [7, 11) is 0. The summed E-state index contributed by atoms with van der Waals surface area (Å²) in [5, 5.41) is 3.61. The first-order valence-corrected chi connectivity index (χ1v) is 7.59. The normalized spacial score (nSPS) is 24.0. The van der Waals surface area contributed by atoms with Gasteiger partial charge in [0.2, 0.25) is 0 Å². The largest absolute Gasteiger partial charge is 0.313 e. The maximum Gasteiger partial charge on any atom is 0.137 e. The smallest absolute Gasteiger partial charge is 0.137 e. The average Bonchev–Trinajstić information content (AvgIpc) is 3.07. The number of benzene rings is 1. The molecule has 1 N–H and O–H groups in total. The molecule has 1 nitrogen and oxygen atoms in total. The molecule has 1 aliphatic rings. The highest BCUT2D eigenvalue weighted by molar-refractivity contribution is 9.10. The highest BCUT2D eigenvalue weighted by atomic mass is 79.9. The predicted octanol–water partition coefficient (Wildman–Crippen LogP) is 4.15. The van der Waals surface area contributed by atoms with E-state index >= 15 is 0 Å². The van der Waals surface area contributed by atoms with Crippen LogP contribution in [-0.4, -0.2) is 12.6 Å². The monoisotopic (exact) mass is 313 g/mol. The molecule has 100 valence electrons. The van der Waals surface area contributed by atoms with Crippen molar-refractivity contribution in [1.29, 1.82) is 0 Å². The molecule has 0 saturated heterocycles. The van der Waals surface area contributed by atoms with E-state index in [1.165, 1.54) is 12.5 Å². The van der Waals surface area contributed by atoms with Crippen LogP contribution < -0.4 is 5.32 Å². The van der Waals surface area contributed by atoms with Gasteiger partial charge in [-0.1, -0.05) is 26.0 Å². The van der Waals surface area contributed by atoms with Gasteiger partial charge in [-0.2, -0.15) is 0 Å². The second-order valence-corrected chi connectivity index (χ2v) is 6.15. The average molecular weight is 314 g/mol. The van der Waals surface area contributed by atoms with Crippen LogP contribution in [0.1, 0.15) is 32.3 Å². The van der Waals surface area contributed by atoms with Crippen molar-refractivity contribution in [3.8, 4) is 0 Å². The lowest BCUT2D eigenvalue weighted by Gasteiger charge is -2.19. The predicted molar refractivity (Wildman–Crippen MR) is 77.2 cm³/mol.